The molecule has 170 valence electrons. The SMILES string of the molecule is CCOC(=O)Cn1c(=O)c2c(C)c(-c3ccccc3)sc2n(Cc2ccccc2OC)c1=O. The summed E-state index contributed by atoms with van der Waals surface area (Å²) in [7, 11) is 1.57. The summed E-state index contributed by atoms with van der Waals surface area (Å²) in [6.45, 7) is 3.47. The zero-order chi connectivity index (χ0) is 23.5. The second kappa shape index (κ2) is 9.46. The second-order valence-corrected chi connectivity index (χ2v) is 8.48. The van der Waals surface area contributed by atoms with Gasteiger partial charge in [-0.3, -0.25) is 14.2 Å². The van der Waals surface area contributed by atoms with E-state index in [1.165, 1.54) is 15.9 Å². The van der Waals surface area contributed by atoms with E-state index in [2.05, 4.69) is 0 Å². The van der Waals surface area contributed by atoms with Gasteiger partial charge in [-0.1, -0.05) is 48.5 Å². The molecule has 2 aromatic carbocycles. The fourth-order valence-corrected chi connectivity index (χ4v) is 5.18. The Morgan fingerprint density at radius 1 is 1.00 bits per heavy atom. The highest BCUT2D eigenvalue weighted by Crippen LogP contribution is 2.36. The van der Waals surface area contributed by atoms with E-state index >= 15 is 0 Å². The number of ether oxygens (including phenoxy) is 2. The smallest absolute Gasteiger partial charge is 0.332 e. The zero-order valence-electron chi connectivity index (χ0n) is 18.7. The molecule has 0 atom stereocenters. The number of rotatable bonds is 7. The van der Waals surface area contributed by atoms with Gasteiger partial charge in [0.05, 0.1) is 25.6 Å². The van der Waals surface area contributed by atoms with Crippen molar-refractivity contribution in [3.05, 3.63) is 86.6 Å². The molecule has 0 aliphatic rings. The Kier molecular flexibility index (Phi) is 6.46. The van der Waals surface area contributed by atoms with Crippen molar-refractivity contribution in [2.45, 2.75) is 26.9 Å². The standard InChI is InChI=1S/C25H24N2O5S/c1-4-32-20(28)15-26-23(29)21-16(2)22(17-10-6-5-7-11-17)33-24(21)27(25(26)30)14-18-12-8-9-13-19(18)31-3/h5-13H,4,14-15H2,1-3H3. The molecule has 4 rings (SSSR count). The summed E-state index contributed by atoms with van der Waals surface area (Å²) < 4.78 is 13.0. The van der Waals surface area contributed by atoms with E-state index in [9.17, 15) is 14.4 Å². The number of benzene rings is 2. The summed E-state index contributed by atoms with van der Waals surface area (Å²) in [5, 5.41) is 0.428. The molecule has 0 aliphatic heterocycles. The number of carbonyl (C=O) groups is 1. The third-order valence-electron chi connectivity index (χ3n) is 5.44. The average molecular weight is 465 g/mol. The molecule has 0 bridgehead atoms. The van der Waals surface area contributed by atoms with Crippen LogP contribution in [0.1, 0.15) is 18.1 Å². The van der Waals surface area contributed by atoms with Crippen molar-refractivity contribution in [3.63, 3.8) is 0 Å². The summed E-state index contributed by atoms with van der Waals surface area (Å²) in [5.41, 5.74) is 1.47. The summed E-state index contributed by atoms with van der Waals surface area (Å²) in [4.78, 5) is 40.6. The third-order valence-corrected chi connectivity index (χ3v) is 6.81. The van der Waals surface area contributed by atoms with Crippen LogP contribution in [0.3, 0.4) is 0 Å². The maximum atomic E-state index is 13.5. The first kappa shape index (κ1) is 22.5. The van der Waals surface area contributed by atoms with Crippen LogP contribution in [0.2, 0.25) is 0 Å². The molecule has 0 unspecified atom stereocenters. The molecule has 0 aliphatic carbocycles. The van der Waals surface area contributed by atoms with Gasteiger partial charge in [-0.25, -0.2) is 9.36 Å². The lowest BCUT2D eigenvalue weighted by Gasteiger charge is -2.14. The van der Waals surface area contributed by atoms with Gasteiger partial charge < -0.3 is 9.47 Å². The van der Waals surface area contributed by atoms with Gasteiger partial charge in [-0.05, 0) is 31.0 Å². The molecule has 0 saturated heterocycles. The lowest BCUT2D eigenvalue weighted by atomic mass is 10.1. The first-order valence-electron chi connectivity index (χ1n) is 10.6. The van der Waals surface area contributed by atoms with Crippen molar-refractivity contribution in [1.82, 2.24) is 9.13 Å². The lowest BCUT2D eigenvalue weighted by molar-refractivity contribution is -0.143. The van der Waals surface area contributed by atoms with Crippen LogP contribution in [-0.4, -0.2) is 28.8 Å². The van der Waals surface area contributed by atoms with Crippen LogP contribution >= 0.6 is 11.3 Å². The number of thiophene rings is 1. The zero-order valence-corrected chi connectivity index (χ0v) is 19.5. The van der Waals surface area contributed by atoms with E-state index in [1.807, 2.05) is 61.5 Å². The Balaban J connectivity index is 2.00. The lowest BCUT2D eigenvalue weighted by Crippen LogP contribution is -2.42. The van der Waals surface area contributed by atoms with E-state index in [0.717, 1.165) is 26.1 Å². The normalized spacial score (nSPS) is 11.0. The van der Waals surface area contributed by atoms with E-state index in [0.29, 0.717) is 16.0 Å². The molecular formula is C25H24N2O5S. The molecule has 33 heavy (non-hydrogen) atoms. The number of esters is 1. The molecule has 0 radical (unpaired) electrons. The Labute approximate surface area is 194 Å². The van der Waals surface area contributed by atoms with E-state index in [4.69, 9.17) is 9.47 Å². The van der Waals surface area contributed by atoms with Crippen molar-refractivity contribution in [3.8, 4) is 16.2 Å². The number of hydrogen-bond donors (Lipinski definition) is 0. The monoisotopic (exact) mass is 464 g/mol. The van der Waals surface area contributed by atoms with Gasteiger partial charge >= 0.3 is 11.7 Å². The summed E-state index contributed by atoms with van der Waals surface area (Å²) in [6.07, 6.45) is 0. The average Bonchev–Trinajstić information content (AvgIpc) is 3.17. The van der Waals surface area contributed by atoms with E-state index in [-0.39, 0.29) is 13.2 Å². The molecule has 7 nitrogen and oxygen atoms in total. The summed E-state index contributed by atoms with van der Waals surface area (Å²) in [6, 6.07) is 17.1. The molecule has 4 aromatic rings. The van der Waals surface area contributed by atoms with Gasteiger partial charge in [-0.2, -0.15) is 0 Å². The quantitative estimate of drug-likeness (QED) is 0.389. The summed E-state index contributed by atoms with van der Waals surface area (Å²) in [5.74, 6) is 0.00770. The molecule has 8 heteroatoms. The van der Waals surface area contributed by atoms with Gasteiger partial charge in [-0.15, -0.1) is 11.3 Å². The van der Waals surface area contributed by atoms with Crippen LogP contribution in [0.25, 0.3) is 20.7 Å². The molecular weight excluding hydrogens is 440 g/mol. The Morgan fingerprint density at radius 2 is 1.70 bits per heavy atom. The molecule has 0 N–H and O–H groups in total. The maximum absolute atomic E-state index is 13.5. The molecule has 0 saturated carbocycles. The number of aryl methyl sites for hydroxylation is 1. The van der Waals surface area contributed by atoms with Gasteiger partial charge in [0.15, 0.2) is 0 Å². The fourth-order valence-electron chi connectivity index (χ4n) is 3.88. The van der Waals surface area contributed by atoms with E-state index < -0.39 is 23.8 Å². The predicted molar refractivity (Wildman–Crippen MR) is 129 cm³/mol. The van der Waals surface area contributed by atoms with Gasteiger partial charge in [0.25, 0.3) is 5.56 Å². The largest absolute Gasteiger partial charge is 0.496 e. The molecule has 0 fully saturated rings. The van der Waals surface area contributed by atoms with Crippen LogP contribution in [0.5, 0.6) is 5.75 Å². The highest BCUT2D eigenvalue weighted by Gasteiger charge is 2.22. The van der Waals surface area contributed by atoms with Crippen LogP contribution < -0.4 is 16.0 Å². The van der Waals surface area contributed by atoms with Crippen molar-refractivity contribution >= 4 is 27.5 Å². The first-order chi connectivity index (χ1) is 16.0. The van der Waals surface area contributed by atoms with Gasteiger partial charge in [0.2, 0.25) is 0 Å². The van der Waals surface area contributed by atoms with Gasteiger partial charge in [0, 0.05) is 10.4 Å². The van der Waals surface area contributed by atoms with Crippen molar-refractivity contribution in [2.24, 2.45) is 0 Å². The van der Waals surface area contributed by atoms with E-state index in [1.54, 1.807) is 14.0 Å². The fraction of sp³-hybridized carbons (Fsp3) is 0.240. The van der Waals surface area contributed by atoms with Crippen molar-refractivity contribution in [2.75, 3.05) is 13.7 Å². The van der Waals surface area contributed by atoms with Crippen molar-refractivity contribution < 1.29 is 14.3 Å². The number of carbonyl (C=O) groups excluding carboxylic acids is 1. The minimum atomic E-state index is -0.629. The number of nitrogens with zero attached hydrogens (tertiary/aromatic N) is 2. The second-order valence-electron chi connectivity index (χ2n) is 7.48. The van der Waals surface area contributed by atoms with Crippen molar-refractivity contribution in [1.29, 1.82) is 0 Å². The van der Waals surface area contributed by atoms with Crippen LogP contribution in [0, 0.1) is 6.92 Å². The Morgan fingerprint density at radius 3 is 2.39 bits per heavy atom. The Bertz CT molecular complexity index is 1430. The highest BCUT2D eigenvalue weighted by atomic mass is 32.1. The molecule has 2 aromatic heterocycles. The predicted octanol–water partition coefficient (Wildman–Crippen LogP) is 3.82. The highest BCUT2D eigenvalue weighted by molar-refractivity contribution is 7.22. The summed E-state index contributed by atoms with van der Waals surface area (Å²) >= 11 is 1.40. The number of para-hydroxylation sites is 1. The number of aromatic nitrogens is 2. The number of hydrogen-bond acceptors (Lipinski definition) is 6. The minimum Gasteiger partial charge on any atom is -0.496 e. The molecule has 0 spiro atoms. The van der Waals surface area contributed by atoms with Crippen LogP contribution in [0.4, 0.5) is 0 Å². The molecule has 0 amide bonds. The maximum Gasteiger partial charge on any atom is 0.332 e. The number of fused-ring (bicyclic) bond motifs is 1. The third kappa shape index (κ3) is 4.21. The van der Waals surface area contributed by atoms with Gasteiger partial charge in [0.1, 0.15) is 17.1 Å². The van der Waals surface area contributed by atoms with Crippen LogP contribution in [0.15, 0.2) is 64.2 Å². The first-order valence-corrected chi connectivity index (χ1v) is 11.4. The topological polar surface area (TPSA) is 79.5 Å². The van der Waals surface area contributed by atoms with Crippen LogP contribution in [-0.2, 0) is 22.6 Å². The number of methoxy groups -OCH3 is 1. The molecule has 2 heterocycles. The Hall–Kier alpha value is -3.65. The minimum absolute atomic E-state index is 0.168.